The monoisotopic (exact) mass is 981 g/mol. The number of benzene rings is 3. The second-order valence-electron chi connectivity index (χ2n) is 21.0. The van der Waals surface area contributed by atoms with E-state index in [1.165, 1.54) is 0 Å². The standard InChI is InChI=1S/C48H74O4.2C4H7NO4/c1-12-16-22-35(14-3)30-37-24-18-20-26-39(37)44(51)47(32-49,33-50)48(52,40-27-21-19-25-38(40)31-36(15-4)23-17-13-2)43-41(45(6,7)8)28-34(5)29-42(43)46(9,10)11;2*5-2(4(8)9)1-3(6)7/h18-21,24-29,35-36,44,49-52H,12-17,22-23,30-33H2,1-11H3;2*2H,1,5H2,(H,6,7)(H,8,9)/t;2*2-/m.00/s1. The molecule has 3 aromatic carbocycles. The first-order chi connectivity index (χ1) is 32.6. The maximum absolute atomic E-state index is 14.4. The van der Waals surface area contributed by atoms with Crippen LogP contribution < -0.4 is 11.5 Å². The lowest BCUT2D eigenvalue weighted by atomic mass is 9.56. The Morgan fingerprint density at radius 1 is 0.600 bits per heavy atom. The van der Waals surface area contributed by atoms with Crippen molar-refractivity contribution in [2.45, 2.75) is 188 Å². The van der Waals surface area contributed by atoms with Crippen molar-refractivity contribution < 1.29 is 60.0 Å². The number of aliphatic carboxylic acids is 4. The topological polar surface area (TPSA) is 282 Å². The summed E-state index contributed by atoms with van der Waals surface area (Å²) in [7, 11) is 0. The number of nitrogens with two attached hydrogens (primary N) is 2. The van der Waals surface area contributed by atoms with Crippen LogP contribution in [0.2, 0.25) is 0 Å². The molecule has 0 aliphatic rings. The average molecular weight is 981 g/mol. The van der Waals surface area contributed by atoms with E-state index in [-0.39, 0.29) is 0 Å². The van der Waals surface area contributed by atoms with Crippen molar-refractivity contribution in [3.8, 4) is 0 Å². The molecule has 3 rings (SSSR count). The van der Waals surface area contributed by atoms with Crippen molar-refractivity contribution in [2.75, 3.05) is 13.2 Å². The van der Waals surface area contributed by atoms with Gasteiger partial charge in [-0.1, -0.05) is 187 Å². The predicted octanol–water partition coefficient (Wildman–Crippen LogP) is 8.79. The fraction of sp³-hybridized carbons (Fsp3) is 0.607. The summed E-state index contributed by atoms with van der Waals surface area (Å²) in [5.74, 6) is -4.15. The number of rotatable bonds is 25. The molecule has 394 valence electrons. The first kappa shape index (κ1) is 63.3. The summed E-state index contributed by atoms with van der Waals surface area (Å²) < 4.78 is 0. The Kier molecular flexibility index (Phi) is 26.2. The minimum atomic E-state index is -1.99. The van der Waals surface area contributed by atoms with Crippen LogP contribution in [-0.4, -0.2) is 90.0 Å². The zero-order valence-electron chi connectivity index (χ0n) is 43.9. The maximum Gasteiger partial charge on any atom is 0.321 e. The van der Waals surface area contributed by atoms with E-state index in [4.69, 9.17) is 31.9 Å². The van der Waals surface area contributed by atoms with Gasteiger partial charge in [-0.2, -0.15) is 0 Å². The Hall–Kier alpha value is -4.70. The van der Waals surface area contributed by atoms with Crippen molar-refractivity contribution in [3.63, 3.8) is 0 Å². The molecule has 14 heteroatoms. The summed E-state index contributed by atoms with van der Waals surface area (Å²) in [4.78, 5) is 39.2. The van der Waals surface area contributed by atoms with Crippen molar-refractivity contribution in [1.82, 2.24) is 0 Å². The van der Waals surface area contributed by atoms with E-state index in [9.17, 15) is 39.6 Å². The predicted molar refractivity (Wildman–Crippen MR) is 276 cm³/mol. The molecule has 3 aromatic rings. The Morgan fingerprint density at radius 2 is 0.986 bits per heavy atom. The summed E-state index contributed by atoms with van der Waals surface area (Å²) in [6, 6.07) is 17.8. The van der Waals surface area contributed by atoms with E-state index in [2.05, 4.69) is 100 Å². The lowest BCUT2D eigenvalue weighted by Crippen LogP contribution is -2.57. The summed E-state index contributed by atoms with van der Waals surface area (Å²) in [5.41, 5.74) is 12.0. The number of unbranched alkanes of at least 4 members (excludes halogenated alkanes) is 2. The van der Waals surface area contributed by atoms with Crippen LogP contribution in [0.3, 0.4) is 0 Å². The number of aliphatic hydroxyl groups is 4. The number of aliphatic hydroxyl groups excluding tert-OH is 3. The molecule has 4 unspecified atom stereocenters. The van der Waals surface area contributed by atoms with Gasteiger partial charge in [-0.05, 0) is 81.4 Å². The zero-order chi connectivity index (χ0) is 53.8. The van der Waals surface area contributed by atoms with E-state index in [1.54, 1.807) is 0 Å². The fourth-order valence-electron chi connectivity index (χ4n) is 9.06. The first-order valence-electron chi connectivity index (χ1n) is 24.9. The van der Waals surface area contributed by atoms with Gasteiger partial charge >= 0.3 is 23.9 Å². The van der Waals surface area contributed by atoms with Gasteiger partial charge < -0.3 is 52.3 Å². The highest BCUT2D eigenvalue weighted by atomic mass is 16.4. The lowest BCUT2D eigenvalue weighted by Gasteiger charge is -2.52. The van der Waals surface area contributed by atoms with Gasteiger partial charge in [0.05, 0.1) is 37.6 Å². The summed E-state index contributed by atoms with van der Waals surface area (Å²) in [6.07, 6.45) is 7.84. The molecule has 0 bridgehead atoms. The lowest BCUT2D eigenvalue weighted by molar-refractivity contribution is -0.174. The molecule has 0 aliphatic heterocycles. The van der Waals surface area contributed by atoms with E-state index >= 15 is 0 Å². The van der Waals surface area contributed by atoms with Gasteiger partial charge in [-0.15, -0.1) is 0 Å². The molecule has 0 aliphatic carbocycles. The van der Waals surface area contributed by atoms with Gasteiger partial charge in [0.2, 0.25) is 0 Å². The highest BCUT2D eigenvalue weighted by Crippen LogP contribution is 2.57. The van der Waals surface area contributed by atoms with E-state index in [1.807, 2.05) is 36.4 Å². The molecular weight excluding hydrogens is 893 g/mol. The van der Waals surface area contributed by atoms with Gasteiger partial charge in [0.1, 0.15) is 17.7 Å². The number of hydrogen-bond donors (Lipinski definition) is 10. The number of aryl methyl sites for hydroxylation is 1. The largest absolute Gasteiger partial charge is 0.481 e. The molecule has 0 saturated heterocycles. The van der Waals surface area contributed by atoms with Gasteiger partial charge in [-0.25, -0.2) is 0 Å². The Balaban J connectivity index is 0.00000114. The molecule has 14 nitrogen and oxygen atoms in total. The molecule has 0 saturated carbocycles. The minimum absolute atomic E-state index is 0.407. The van der Waals surface area contributed by atoms with Crippen LogP contribution in [0.15, 0.2) is 60.7 Å². The Morgan fingerprint density at radius 3 is 1.33 bits per heavy atom. The normalized spacial score (nSPS) is 14.9. The molecule has 0 aromatic heterocycles. The molecule has 0 heterocycles. The molecule has 0 spiro atoms. The van der Waals surface area contributed by atoms with Crippen LogP contribution in [0, 0.1) is 24.2 Å². The molecular formula is C56H88N2O12. The van der Waals surface area contributed by atoms with Crippen molar-refractivity contribution in [2.24, 2.45) is 28.7 Å². The van der Waals surface area contributed by atoms with Gasteiger partial charge in [-0.3, -0.25) is 19.2 Å². The molecule has 70 heavy (non-hydrogen) atoms. The second-order valence-corrected chi connectivity index (χ2v) is 21.0. The van der Waals surface area contributed by atoms with Gasteiger partial charge in [0.15, 0.2) is 0 Å². The molecule has 0 radical (unpaired) electrons. The SMILES string of the molecule is CCCCC(CC)Cc1ccccc1C(O)C(CO)(CO)C(O)(c1ccccc1CC(CC)CCCC)c1c(C(C)(C)C)cc(C)cc1C(C)(C)C.N[C@@H](CC(=O)O)C(=O)O.N[C@@H](CC(=O)O)C(=O)O. The number of carbonyl (C=O) groups is 4. The van der Waals surface area contributed by atoms with E-state index in [0.717, 1.165) is 92.0 Å². The molecule has 0 fully saturated rings. The fourth-order valence-corrected chi connectivity index (χ4v) is 9.06. The van der Waals surface area contributed by atoms with Crippen LogP contribution in [0.1, 0.15) is 184 Å². The highest BCUT2D eigenvalue weighted by Gasteiger charge is 2.60. The third-order valence-electron chi connectivity index (χ3n) is 13.4. The van der Waals surface area contributed by atoms with Crippen molar-refractivity contribution in [1.29, 1.82) is 0 Å². The molecule has 6 atom stereocenters. The van der Waals surface area contributed by atoms with Gasteiger partial charge in [0, 0.05) is 0 Å². The summed E-state index contributed by atoms with van der Waals surface area (Å²) in [5, 5.41) is 83.3. The van der Waals surface area contributed by atoms with Crippen LogP contribution >= 0.6 is 0 Å². The van der Waals surface area contributed by atoms with Crippen LogP contribution in [0.4, 0.5) is 0 Å². The third kappa shape index (κ3) is 17.6. The third-order valence-corrected chi connectivity index (χ3v) is 13.4. The van der Waals surface area contributed by atoms with Crippen LogP contribution in [0.5, 0.6) is 0 Å². The highest BCUT2D eigenvalue weighted by molar-refractivity contribution is 5.80. The Bertz CT molecular complexity index is 2040. The quantitative estimate of drug-likeness (QED) is 0.0380. The Labute approximate surface area is 417 Å². The number of carboxylic acids is 4. The average Bonchev–Trinajstić information content (AvgIpc) is 3.28. The number of carboxylic acid groups (broad SMARTS) is 4. The smallest absolute Gasteiger partial charge is 0.321 e. The van der Waals surface area contributed by atoms with Crippen LogP contribution in [0.25, 0.3) is 0 Å². The number of hydrogen-bond acceptors (Lipinski definition) is 10. The molecule has 0 amide bonds. The van der Waals surface area contributed by atoms with Crippen molar-refractivity contribution in [3.05, 3.63) is 105 Å². The van der Waals surface area contributed by atoms with E-state index in [0.29, 0.717) is 28.5 Å². The molecule has 12 N–H and O–H groups in total. The first-order valence-corrected chi connectivity index (χ1v) is 24.9. The van der Waals surface area contributed by atoms with E-state index < -0.39 is 90.0 Å². The summed E-state index contributed by atoms with van der Waals surface area (Å²) in [6.45, 7) is 22.7. The van der Waals surface area contributed by atoms with Gasteiger partial charge in [0.25, 0.3) is 0 Å². The summed E-state index contributed by atoms with van der Waals surface area (Å²) >= 11 is 0. The second kappa shape index (κ2) is 29.0. The van der Waals surface area contributed by atoms with Crippen LogP contribution in [-0.2, 0) is 48.5 Å². The minimum Gasteiger partial charge on any atom is -0.481 e. The van der Waals surface area contributed by atoms with Crippen molar-refractivity contribution >= 4 is 23.9 Å². The maximum atomic E-state index is 14.4. The zero-order valence-corrected chi connectivity index (χ0v) is 43.9.